The molecule has 3 N–H and O–H groups in total. The van der Waals surface area contributed by atoms with Gasteiger partial charge < -0.3 is 16.0 Å². The average Bonchev–Trinajstić information content (AvgIpc) is 2.77. The molecule has 0 aromatic heterocycles. The van der Waals surface area contributed by atoms with Gasteiger partial charge in [0.15, 0.2) is 0 Å². The molecule has 0 saturated heterocycles. The fraction of sp³-hybridized carbons (Fsp3) is 0.167. The summed E-state index contributed by atoms with van der Waals surface area (Å²) in [5.41, 5.74) is 3.09. The van der Waals surface area contributed by atoms with Crippen LogP contribution < -0.4 is 16.0 Å². The Labute approximate surface area is 181 Å². The van der Waals surface area contributed by atoms with Gasteiger partial charge in [0.2, 0.25) is 5.91 Å². The molecule has 0 fully saturated rings. The van der Waals surface area contributed by atoms with Crippen LogP contribution in [0.1, 0.15) is 34.5 Å². The summed E-state index contributed by atoms with van der Waals surface area (Å²) in [5.74, 6) is -0.367. The first-order chi connectivity index (χ1) is 14.5. The number of amides is 2. The van der Waals surface area contributed by atoms with Crippen LogP contribution in [0.2, 0.25) is 5.02 Å². The van der Waals surface area contributed by atoms with Crippen LogP contribution in [0.25, 0.3) is 0 Å². The van der Waals surface area contributed by atoms with Gasteiger partial charge in [0.25, 0.3) is 5.91 Å². The lowest BCUT2D eigenvalue weighted by Gasteiger charge is -2.16. The van der Waals surface area contributed by atoms with Crippen molar-refractivity contribution in [3.63, 3.8) is 0 Å². The first kappa shape index (κ1) is 21.4. The van der Waals surface area contributed by atoms with Crippen molar-refractivity contribution in [1.82, 2.24) is 10.6 Å². The third-order valence-corrected chi connectivity index (χ3v) is 4.91. The quantitative estimate of drug-likeness (QED) is 0.499. The van der Waals surface area contributed by atoms with E-state index < -0.39 is 0 Å². The number of benzene rings is 3. The molecule has 5 nitrogen and oxygen atoms in total. The third-order valence-electron chi connectivity index (χ3n) is 4.65. The summed E-state index contributed by atoms with van der Waals surface area (Å²) in [4.78, 5) is 25.0. The van der Waals surface area contributed by atoms with Crippen LogP contribution in [0.5, 0.6) is 0 Å². The molecular formula is C24H24ClN3O2. The van der Waals surface area contributed by atoms with Gasteiger partial charge in [-0.25, -0.2) is 0 Å². The highest BCUT2D eigenvalue weighted by Gasteiger charge is 2.13. The standard InChI is InChI=1S/C24H24ClN3O2/c1-17(19-11-13-20(25)14-12-19)28-23(29)16-26-22-10-6-5-9-21(22)24(30)27-15-18-7-3-2-4-8-18/h2-14,17,26H,15-16H2,1H3,(H,27,30)(H,28,29)/t17-/m1/s1. The molecule has 154 valence electrons. The molecule has 6 heteroatoms. The Kier molecular flexibility index (Phi) is 7.46. The second-order valence-corrected chi connectivity index (χ2v) is 7.34. The molecule has 0 aliphatic rings. The second kappa shape index (κ2) is 10.5. The topological polar surface area (TPSA) is 70.2 Å². The number of rotatable bonds is 8. The van der Waals surface area contributed by atoms with Gasteiger partial charge >= 0.3 is 0 Å². The lowest BCUT2D eigenvalue weighted by molar-refractivity contribution is -0.120. The van der Waals surface area contributed by atoms with Crippen LogP contribution >= 0.6 is 11.6 Å². The fourth-order valence-corrected chi connectivity index (χ4v) is 3.14. The zero-order chi connectivity index (χ0) is 21.3. The summed E-state index contributed by atoms with van der Waals surface area (Å²) in [6.07, 6.45) is 0. The summed E-state index contributed by atoms with van der Waals surface area (Å²) in [6.45, 7) is 2.40. The van der Waals surface area contributed by atoms with E-state index in [1.165, 1.54) is 0 Å². The van der Waals surface area contributed by atoms with Crippen molar-refractivity contribution in [3.05, 3.63) is 101 Å². The van der Waals surface area contributed by atoms with Gasteiger partial charge in [-0.3, -0.25) is 9.59 Å². The molecule has 0 bridgehead atoms. The molecule has 0 spiro atoms. The van der Waals surface area contributed by atoms with E-state index in [9.17, 15) is 9.59 Å². The monoisotopic (exact) mass is 421 g/mol. The van der Waals surface area contributed by atoms with E-state index >= 15 is 0 Å². The largest absolute Gasteiger partial charge is 0.376 e. The van der Waals surface area contributed by atoms with E-state index in [-0.39, 0.29) is 24.4 Å². The lowest BCUT2D eigenvalue weighted by atomic mass is 10.1. The molecule has 2 amide bonds. The molecule has 0 saturated carbocycles. The maximum atomic E-state index is 12.6. The predicted octanol–water partition coefficient (Wildman–Crippen LogP) is 4.56. The predicted molar refractivity (Wildman–Crippen MR) is 121 cm³/mol. The van der Waals surface area contributed by atoms with Gasteiger partial charge in [-0.05, 0) is 42.3 Å². The Balaban J connectivity index is 1.55. The Bertz CT molecular complexity index is 991. The molecule has 0 heterocycles. The smallest absolute Gasteiger partial charge is 0.253 e. The third kappa shape index (κ3) is 6.09. The minimum atomic E-state index is -0.197. The van der Waals surface area contributed by atoms with Crippen molar-refractivity contribution in [2.24, 2.45) is 0 Å². The number of para-hydroxylation sites is 1. The first-order valence-electron chi connectivity index (χ1n) is 9.73. The SMILES string of the molecule is C[C@@H](NC(=O)CNc1ccccc1C(=O)NCc1ccccc1)c1ccc(Cl)cc1. The van der Waals surface area contributed by atoms with Crippen molar-refractivity contribution in [3.8, 4) is 0 Å². The number of carbonyl (C=O) groups excluding carboxylic acids is 2. The number of hydrogen-bond acceptors (Lipinski definition) is 3. The molecular weight excluding hydrogens is 398 g/mol. The molecule has 3 aromatic carbocycles. The molecule has 0 radical (unpaired) electrons. The Hall–Kier alpha value is -3.31. The van der Waals surface area contributed by atoms with Crippen molar-refractivity contribution in [2.45, 2.75) is 19.5 Å². The summed E-state index contributed by atoms with van der Waals surface area (Å²) >= 11 is 5.91. The van der Waals surface area contributed by atoms with Crippen molar-refractivity contribution in [2.75, 3.05) is 11.9 Å². The van der Waals surface area contributed by atoms with Crippen LogP contribution in [0, 0.1) is 0 Å². The fourth-order valence-electron chi connectivity index (χ4n) is 3.01. The van der Waals surface area contributed by atoms with Crippen LogP contribution in [0.15, 0.2) is 78.9 Å². The highest BCUT2D eigenvalue weighted by atomic mass is 35.5. The van der Waals surface area contributed by atoms with Gasteiger partial charge in [0.05, 0.1) is 18.2 Å². The van der Waals surface area contributed by atoms with Crippen LogP contribution in [-0.4, -0.2) is 18.4 Å². The summed E-state index contributed by atoms with van der Waals surface area (Å²) in [5, 5.41) is 9.57. The zero-order valence-electron chi connectivity index (χ0n) is 16.7. The molecule has 1 atom stereocenters. The number of anilines is 1. The van der Waals surface area contributed by atoms with Gasteiger partial charge in [0.1, 0.15) is 0 Å². The molecule has 0 unspecified atom stereocenters. The van der Waals surface area contributed by atoms with Gasteiger partial charge in [0, 0.05) is 17.3 Å². The molecule has 0 aliphatic carbocycles. The number of nitrogens with one attached hydrogen (secondary N) is 3. The molecule has 3 aromatic rings. The van der Waals surface area contributed by atoms with E-state index in [4.69, 9.17) is 11.6 Å². The second-order valence-electron chi connectivity index (χ2n) is 6.91. The van der Waals surface area contributed by atoms with E-state index in [1.54, 1.807) is 30.3 Å². The number of halogens is 1. The normalized spacial score (nSPS) is 11.4. The summed E-state index contributed by atoms with van der Waals surface area (Å²) in [6, 6.07) is 24.0. The summed E-state index contributed by atoms with van der Waals surface area (Å²) < 4.78 is 0. The van der Waals surface area contributed by atoms with Gasteiger partial charge in [-0.1, -0.05) is 66.2 Å². The van der Waals surface area contributed by atoms with E-state index in [2.05, 4.69) is 16.0 Å². The minimum absolute atomic E-state index is 0.0565. The van der Waals surface area contributed by atoms with E-state index in [0.717, 1.165) is 11.1 Å². The maximum absolute atomic E-state index is 12.6. The Morgan fingerprint density at radius 3 is 2.30 bits per heavy atom. The van der Waals surface area contributed by atoms with Crippen molar-refractivity contribution >= 4 is 29.1 Å². The van der Waals surface area contributed by atoms with Crippen molar-refractivity contribution in [1.29, 1.82) is 0 Å². The van der Waals surface area contributed by atoms with E-state index in [0.29, 0.717) is 22.8 Å². The minimum Gasteiger partial charge on any atom is -0.376 e. The number of carbonyl (C=O) groups is 2. The summed E-state index contributed by atoms with van der Waals surface area (Å²) in [7, 11) is 0. The number of hydrogen-bond donors (Lipinski definition) is 3. The van der Waals surface area contributed by atoms with Crippen LogP contribution in [0.4, 0.5) is 5.69 Å². The van der Waals surface area contributed by atoms with Gasteiger partial charge in [-0.2, -0.15) is 0 Å². The van der Waals surface area contributed by atoms with Crippen molar-refractivity contribution < 1.29 is 9.59 Å². The maximum Gasteiger partial charge on any atom is 0.253 e. The molecule has 0 aliphatic heterocycles. The Morgan fingerprint density at radius 1 is 0.900 bits per heavy atom. The molecule has 30 heavy (non-hydrogen) atoms. The van der Waals surface area contributed by atoms with E-state index in [1.807, 2.05) is 55.5 Å². The highest BCUT2D eigenvalue weighted by Crippen LogP contribution is 2.17. The van der Waals surface area contributed by atoms with Gasteiger partial charge in [-0.15, -0.1) is 0 Å². The average molecular weight is 422 g/mol. The molecule has 3 rings (SSSR count). The lowest BCUT2D eigenvalue weighted by Crippen LogP contribution is -2.32. The zero-order valence-corrected chi connectivity index (χ0v) is 17.4. The van der Waals surface area contributed by atoms with Crippen LogP contribution in [-0.2, 0) is 11.3 Å². The van der Waals surface area contributed by atoms with Crippen LogP contribution in [0.3, 0.4) is 0 Å². The highest BCUT2D eigenvalue weighted by molar-refractivity contribution is 6.30. The Morgan fingerprint density at radius 2 is 1.57 bits per heavy atom. The first-order valence-corrected chi connectivity index (χ1v) is 10.1.